The first kappa shape index (κ1) is 39.1. The second kappa shape index (κ2) is 21.3. The minimum absolute atomic E-state index is 0.742. The van der Waals surface area contributed by atoms with Crippen LogP contribution in [-0.4, -0.2) is 36.4 Å². The molecule has 3 aliphatic rings. The average Bonchev–Trinajstić information content (AvgIpc) is 3.24. The number of aromatic nitrogens is 2. The predicted octanol–water partition coefficient (Wildman–Crippen LogP) is 13.6. The average molecular weight is 751 g/mol. The molecule has 0 amide bonds. The Hall–Kier alpha value is -5.10. The number of benzene rings is 4. The largest absolute Gasteiger partial charge is 0.494 e. The van der Waals surface area contributed by atoms with E-state index in [4.69, 9.17) is 28.9 Å². The Morgan fingerprint density at radius 2 is 0.625 bits per heavy atom. The van der Waals surface area contributed by atoms with E-state index in [-0.39, 0.29) is 0 Å². The molecule has 6 aromatic rings. The molecule has 0 radical (unpaired) electrons. The van der Waals surface area contributed by atoms with Crippen molar-refractivity contribution in [2.45, 2.75) is 103 Å². The normalized spacial score (nSPS) is 16.4. The molecule has 0 fully saturated rings. The van der Waals surface area contributed by atoms with Gasteiger partial charge in [-0.2, -0.15) is 0 Å². The zero-order chi connectivity index (χ0) is 38.0. The molecular formula is C50H58N2O4. The number of para-hydroxylation sites is 2. The molecule has 56 heavy (non-hydrogen) atoms. The highest BCUT2D eigenvalue weighted by molar-refractivity contribution is 6.04. The van der Waals surface area contributed by atoms with Crippen LogP contribution in [0.25, 0.3) is 44.3 Å². The van der Waals surface area contributed by atoms with Crippen LogP contribution in [0, 0.1) is 0 Å². The van der Waals surface area contributed by atoms with Gasteiger partial charge in [0, 0.05) is 21.9 Å². The number of fused-ring (bicyclic) bond motifs is 2. The van der Waals surface area contributed by atoms with Crippen LogP contribution in [0.2, 0.25) is 0 Å². The minimum atomic E-state index is 0.742. The van der Waals surface area contributed by atoms with Crippen LogP contribution < -0.4 is 18.9 Å². The number of pyridine rings is 2. The first-order valence-electron chi connectivity index (χ1n) is 21.3. The van der Waals surface area contributed by atoms with Gasteiger partial charge >= 0.3 is 0 Å². The lowest BCUT2D eigenvalue weighted by molar-refractivity contribution is 0.258. The zero-order valence-corrected chi connectivity index (χ0v) is 33.1. The van der Waals surface area contributed by atoms with Gasteiger partial charge < -0.3 is 18.9 Å². The molecule has 0 N–H and O–H groups in total. The van der Waals surface area contributed by atoms with Crippen LogP contribution in [-0.2, 0) is 0 Å². The van der Waals surface area contributed by atoms with Crippen molar-refractivity contribution >= 4 is 21.8 Å². The lowest BCUT2D eigenvalue weighted by Gasteiger charge is -2.12. The van der Waals surface area contributed by atoms with Crippen molar-refractivity contribution in [1.29, 1.82) is 0 Å². The van der Waals surface area contributed by atoms with E-state index in [1.165, 1.54) is 77.0 Å². The van der Waals surface area contributed by atoms with Crippen molar-refractivity contribution in [3.63, 3.8) is 0 Å². The van der Waals surface area contributed by atoms with Gasteiger partial charge in [0.1, 0.15) is 11.5 Å². The van der Waals surface area contributed by atoms with Crippen LogP contribution in [0.1, 0.15) is 103 Å². The van der Waals surface area contributed by atoms with Gasteiger partial charge in [0.25, 0.3) is 0 Å². The minimum Gasteiger partial charge on any atom is -0.494 e. The molecule has 5 heterocycles. The summed E-state index contributed by atoms with van der Waals surface area (Å²) in [5.41, 5.74) is 5.81. The predicted molar refractivity (Wildman–Crippen MR) is 230 cm³/mol. The molecule has 0 aliphatic carbocycles. The Labute approximate surface area is 333 Å². The molecule has 4 aromatic carbocycles. The quantitative estimate of drug-likeness (QED) is 0.144. The van der Waals surface area contributed by atoms with Crippen LogP contribution in [0.5, 0.6) is 23.0 Å². The summed E-state index contributed by atoms with van der Waals surface area (Å²) in [5, 5.41) is 2.16. The van der Waals surface area contributed by atoms with Crippen molar-refractivity contribution in [3.05, 3.63) is 109 Å². The van der Waals surface area contributed by atoms with E-state index in [1.807, 2.05) is 24.3 Å². The summed E-state index contributed by atoms with van der Waals surface area (Å²) in [5.74, 6) is 3.55. The van der Waals surface area contributed by atoms with E-state index in [2.05, 4.69) is 84.9 Å². The fourth-order valence-corrected chi connectivity index (χ4v) is 7.50. The molecular weight excluding hydrogens is 693 g/mol. The fourth-order valence-electron chi connectivity index (χ4n) is 7.50. The van der Waals surface area contributed by atoms with Crippen LogP contribution >= 0.6 is 0 Å². The molecule has 0 saturated heterocycles. The van der Waals surface area contributed by atoms with Gasteiger partial charge in [-0.15, -0.1) is 0 Å². The Bertz CT molecular complexity index is 1930. The summed E-state index contributed by atoms with van der Waals surface area (Å²) in [6.07, 6.45) is 19.2. The van der Waals surface area contributed by atoms with E-state index in [9.17, 15) is 0 Å². The molecule has 0 saturated carbocycles. The maximum absolute atomic E-state index is 6.13. The smallest absolute Gasteiger partial charge is 0.161 e. The standard InChI is InChI=1S/C50H58N2O4/c1-3-7-11-17-37-55-47-19-13-14-20-48(47)56-38-18-12-8-4-2-6-10-16-36-54-44-31-25-40(26-32-44)46-34-28-42-22-21-41-27-33-45(51-49(41)50(42)52-46)39-23-29-43(30-24-39)53-35-15-9-5-1/h13-14,19-34H,1-12,15-18,35-38H2. The Morgan fingerprint density at radius 3 is 1.00 bits per heavy atom. The van der Waals surface area contributed by atoms with Crippen LogP contribution in [0.15, 0.2) is 109 Å². The summed E-state index contributed by atoms with van der Waals surface area (Å²) in [6.45, 7) is 2.97. The first-order valence-corrected chi connectivity index (χ1v) is 21.3. The number of hydrogen-bond acceptors (Lipinski definition) is 6. The summed E-state index contributed by atoms with van der Waals surface area (Å²) < 4.78 is 24.5. The van der Waals surface area contributed by atoms with E-state index < -0.39 is 0 Å². The zero-order valence-electron chi connectivity index (χ0n) is 33.1. The van der Waals surface area contributed by atoms with E-state index in [1.54, 1.807) is 0 Å². The lowest BCUT2D eigenvalue weighted by atomic mass is 10.1. The molecule has 0 spiro atoms. The van der Waals surface area contributed by atoms with Crippen molar-refractivity contribution in [2.24, 2.45) is 0 Å². The Balaban J connectivity index is 0.959. The maximum Gasteiger partial charge on any atom is 0.161 e. The van der Waals surface area contributed by atoms with Gasteiger partial charge in [-0.25, -0.2) is 9.97 Å². The topological polar surface area (TPSA) is 62.7 Å². The van der Waals surface area contributed by atoms with Crippen LogP contribution in [0.4, 0.5) is 0 Å². The van der Waals surface area contributed by atoms with Crippen molar-refractivity contribution in [1.82, 2.24) is 9.97 Å². The number of hydrogen-bond donors (Lipinski definition) is 0. The molecule has 3 aliphatic heterocycles. The number of rotatable bonds is 0. The maximum atomic E-state index is 6.13. The van der Waals surface area contributed by atoms with Gasteiger partial charge in [0.2, 0.25) is 0 Å². The van der Waals surface area contributed by atoms with Gasteiger partial charge in [0.05, 0.1) is 48.8 Å². The van der Waals surface area contributed by atoms with Gasteiger partial charge in [0.15, 0.2) is 11.5 Å². The molecule has 6 heteroatoms. The Morgan fingerprint density at radius 1 is 0.304 bits per heavy atom. The van der Waals surface area contributed by atoms with Crippen LogP contribution in [0.3, 0.4) is 0 Å². The third-order valence-corrected chi connectivity index (χ3v) is 10.8. The monoisotopic (exact) mass is 750 g/mol. The lowest BCUT2D eigenvalue weighted by Crippen LogP contribution is -2.02. The molecule has 2 aromatic heterocycles. The number of ether oxygens (including phenoxy) is 4. The highest BCUT2D eigenvalue weighted by Gasteiger charge is 2.10. The fraction of sp³-hybridized carbons (Fsp3) is 0.400. The van der Waals surface area contributed by atoms with Gasteiger partial charge in [-0.1, -0.05) is 113 Å². The Kier molecular flexibility index (Phi) is 14.9. The second-order valence-corrected chi connectivity index (χ2v) is 15.1. The SMILES string of the molecule is c1ccc2c(c1)OCCCCCCCCCCOc1ccc(cc1)-c1ccc3ccc4ccc(nc4c3n1)-c1ccc(cc1)OCCCCCCCCCCO2. The molecule has 292 valence electrons. The van der Waals surface area contributed by atoms with E-state index in [0.717, 1.165) is 119 Å². The van der Waals surface area contributed by atoms with Crippen molar-refractivity contribution < 1.29 is 18.9 Å². The molecule has 0 atom stereocenters. The summed E-state index contributed by atoms with van der Waals surface area (Å²) in [4.78, 5) is 10.3. The first-order chi connectivity index (χ1) is 27.8. The number of nitrogens with zero attached hydrogens (tertiary/aromatic N) is 2. The molecule has 0 unspecified atom stereocenters. The van der Waals surface area contributed by atoms with Gasteiger partial charge in [-0.05, 0) is 98.5 Å². The summed E-state index contributed by atoms with van der Waals surface area (Å²) in [6, 6.07) is 37.5. The highest BCUT2D eigenvalue weighted by atomic mass is 16.5. The second-order valence-electron chi connectivity index (χ2n) is 15.1. The molecule has 9 rings (SSSR count). The van der Waals surface area contributed by atoms with E-state index >= 15 is 0 Å². The third-order valence-electron chi connectivity index (χ3n) is 10.8. The van der Waals surface area contributed by atoms with E-state index in [0.29, 0.717) is 0 Å². The molecule has 8 bridgehead atoms. The highest BCUT2D eigenvalue weighted by Crippen LogP contribution is 2.31. The van der Waals surface area contributed by atoms with Crippen molar-refractivity contribution in [2.75, 3.05) is 26.4 Å². The van der Waals surface area contributed by atoms with Crippen molar-refractivity contribution in [3.8, 4) is 45.5 Å². The molecule has 6 nitrogen and oxygen atoms in total. The summed E-state index contributed by atoms with van der Waals surface area (Å²) in [7, 11) is 0. The summed E-state index contributed by atoms with van der Waals surface area (Å²) >= 11 is 0. The third kappa shape index (κ3) is 11.5. The van der Waals surface area contributed by atoms with Gasteiger partial charge in [-0.3, -0.25) is 0 Å².